The second-order valence-corrected chi connectivity index (χ2v) is 5.88. The van der Waals surface area contributed by atoms with E-state index in [0.717, 1.165) is 11.5 Å². The quantitative estimate of drug-likeness (QED) is 0.772. The minimum absolute atomic E-state index is 0.0348. The summed E-state index contributed by atoms with van der Waals surface area (Å²) >= 11 is 1.73. The lowest BCUT2D eigenvalue weighted by Gasteiger charge is -2.06. The maximum Gasteiger partial charge on any atom is 0.248 e. The summed E-state index contributed by atoms with van der Waals surface area (Å²) in [5, 5.41) is 2.80. The molecular weight excluding hydrogens is 296 g/mol. The minimum atomic E-state index is -0.477. The van der Waals surface area contributed by atoms with Crippen LogP contribution in [0.2, 0.25) is 0 Å². The van der Waals surface area contributed by atoms with E-state index in [9.17, 15) is 9.59 Å². The number of carbonyl (C=O) groups is 2. The van der Waals surface area contributed by atoms with E-state index in [2.05, 4.69) is 17.4 Å². The second kappa shape index (κ2) is 8.24. The Kier molecular flexibility index (Phi) is 6.03. The Bertz CT molecular complexity index is 627. The van der Waals surface area contributed by atoms with Gasteiger partial charge >= 0.3 is 0 Å². The van der Waals surface area contributed by atoms with Gasteiger partial charge in [0.25, 0.3) is 0 Å². The van der Waals surface area contributed by atoms with Gasteiger partial charge in [-0.05, 0) is 29.8 Å². The van der Waals surface area contributed by atoms with E-state index in [0.29, 0.717) is 17.7 Å². The summed E-state index contributed by atoms with van der Waals surface area (Å²) in [5.74, 6) is 1.16. The molecule has 0 aromatic heterocycles. The molecule has 2 amide bonds. The van der Waals surface area contributed by atoms with Gasteiger partial charge in [0, 0.05) is 29.2 Å². The average Bonchev–Trinajstić information content (AvgIpc) is 2.53. The number of nitrogens with two attached hydrogens (primary N) is 1. The van der Waals surface area contributed by atoms with Crippen molar-refractivity contribution >= 4 is 29.3 Å². The number of carbonyl (C=O) groups excluding carboxylic acids is 2. The highest BCUT2D eigenvalue weighted by Gasteiger charge is 2.04. The molecule has 3 N–H and O–H groups in total. The third-order valence-corrected chi connectivity index (χ3v) is 4.07. The average molecular weight is 314 g/mol. The van der Waals surface area contributed by atoms with Crippen molar-refractivity contribution in [2.24, 2.45) is 5.73 Å². The highest BCUT2D eigenvalue weighted by molar-refractivity contribution is 7.98. The smallest absolute Gasteiger partial charge is 0.248 e. The molecule has 2 rings (SSSR count). The molecule has 0 fully saturated rings. The normalized spacial score (nSPS) is 10.2. The number of amides is 2. The molecule has 5 heteroatoms. The number of primary amides is 1. The van der Waals surface area contributed by atoms with Crippen LogP contribution in [0.3, 0.4) is 0 Å². The molecule has 0 spiro atoms. The fourth-order valence-corrected chi connectivity index (χ4v) is 2.77. The molecule has 2 aromatic rings. The first-order valence-electron chi connectivity index (χ1n) is 6.96. The van der Waals surface area contributed by atoms with Gasteiger partial charge < -0.3 is 11.1 Å². The van der Waals surface area contributed by atoms with Crippen molar-refractivity contribution in [1.82, 2.24) is 0 Å². The summed E-state index contributed by atoms with van der Waals surface area (Å²) < 4.78 is 0. The maximum atomic E-state index is 11.8. The first kappa shape index (κ1) is 16.1. The van der Waals surface area contributed by atoms with E-state index in [1.807, 2.05) is 18.2 Å². The van der Waals surface area contributed by atoms with Crippen LogP contribution in [-0.4, -0.2) is 17.6 Å². The van der Waals surface area contributed by atoms with Crippen LogP contribution in [0, 0.1) is 0 Å². The zero-order valence-corrected chi connectivity index (χ0v) is 12.9. The van der Waals surface area contributed by atoms with Gasteiger partial charge in [-0.2, -0.15) is 11.8 Å². The van der Waals surface area contributed by atoms with Crippen molar-refractivity contribution < 1.29 is 9.59 Å². The van der Waals surface area contributed by atoms with Crippen molar-refractivity contribution in [3.63, 3.8) is 0 Å². The Balaban J connectivity index is 1.70. The summed E-state index contributed by atoms with van der Waals surface area (Å²) in [6.07, 6.45) is 0.453. The topological polar surface area (TPSA) is 72.2 Å². The Morgan fingerprint density at radius 2 is 1.68 bits per heavy atom. The van der Waals surface area contributed by atoms with E-state index in [4.69, 9.17) is 5.73 Å². The van der Waals surface area contributed by atoms with E-state index >= 15 is 0 Å². The van der Waals surface area contributed by atoms with Crippen LogP contribution >= 0.6 is 11.8 Å². The van der Waals surface area contributed by atoms with Crippen molar-refractivity contribution in [2.75, 3.05) is 11.1 Å². The van der Waals surface area contributed by atoms with Crippen molar-refractivity contribution in [3.8, 4) is 0 Å². The third kappa shape index (κ3) is 5.26. The second-order valence-electron chi connectivity index (χ2n) is 4.78. The van der Waals surface area contributed by atoms with Gasteiger partial charge in [-0.3, -0.25) is 9.59 Å². The Hall–Kier alpha value is -2.27. The van der Waals surface area contributed by atoms with E-state index in [1.54, 1.807) is 36.0 Å². The highest BCUT2D eigenvalue weighted by atomic mass is 32.2. The predicted molar refractivity (Wildman–Crippen MR) is 90.8 cm³/mol. The summed E-state index contributed by atoms with van der Waals surface area (Å²) in [5.41, 5.74) is 7.52. The zero-order chi connectivity index (χ0) is 15.8. The number of nitrogens with one attached hydrogen (secondary N) is 1. The van der Waals surface area contributed by atoms with Gasteiger partial charge in [0.15, 0.2) is 0 Å². The summed E-state index contributed by atoms with van der Waals surface area (Å²) in [6, 6.07) is 16.7. The molecule has 0 aliphatic rings. The molecule has 0 heterocycles. The molecule has 0 radical (unpaired) electrons. The molecule has 4 nitrogen and oxygen atoms in total. The maximum absolute atomic E-state index is 11.8. The van der Waals surface area contributed by atoms with Crippen LogP contribution in [0.15, 0.2) is 54.6 Å². The van der Waals surface area contributed by atoms with Crippen LogP contribution < -0.4 is 11.1 Å². The van der Waals surface area contributed by atoms with Gasteiger partial charge in [-0.25, -0.2) is 0 Å². The summed E-state index contributed by atoms with van der Waals surface area (Å²) in [6.45, 7) is 0. The standard InChI is InChI=1S/C17H18N2O2S/c18-17(21)14-6-8-15(9-7-14)19-16(20)10-11-22-12-13-4-2-1-3-5-13/h1-9H,10-12H2,(H2,18,21)(H,19,20). The lowest BCUT2D eigenvalue weighted by atomic mass is 10.2. The fourth-order valence-electron chi connectivity index (χ4n) is 1.87. The summed E-state index contributed by atoms with van der Waals surface area (Å²) in [7, 11) is 0. The first-order chi connectivity index (χ1) is 10.6. The predicted octanol–water partition coefficient (Wildman–Crippen LogP) is 3.05. The Morgan fingerprint density at radius 1 is 1.00 bits per heavy atom. The van der Waals surface area contributed by atoms with Crippen molar-refractivity contribution in [2.45, 2.75) is 12.2 Å². The lowest BCUT2D eigenvalue weighted by molar-refractivity contribution is -0.115. The largest absolute Gasteiger partial charge is 0.366 e. The zero-order valence-electron chi connectivity index (χ0n) is 12.1. The molecule has 0 aliphatic carbocycles. The lowest BCUT2D eigenvalue weighted by Crippen LogP contribution is -2.13. The van der Waals surface area contributed by atoms with Crippen LogP contribution in [0.1, 0.15) is 22.3 Å². The summed E-state index contributed by atoms with van der Waals surface area (Å²) in [4.78, 5) is 22.8. The monoisotopic (exact) mass is 314 g/mol. The molecule has 0 aliphatic heterocycles. The number of thioether (sulfide) groups is 1. The minimum Gasteiger partial charge on any atom is -0.366 e. The van der Waals surface area contributed by atoms with Gasteiger partial charge in [0.1, 0.15) is 0 Å². The first-order valence-corrected chi connectivity index (χ1v) is 8.12. The van der Waals surface area contributed by atoms with E-state index in [-0.39, 0.29) is 5.91 Å². The number of benzene rings is 2. The number of rotatable bonds is 7. The molecule has 2 aromatic carbocycles. The van der Waals surface area contributed by atoms with Gasteiger partial charge in [-0.15, -0.1) is 0 Å². The number of hydrogen-bond donors (Lipinski definition) is 2. The molecule has 0 unspecified atom stereocenters. The van der Waals surface area contributed by atoms with Crippen LogP contribution in [0.5, 0.6) is 0 Å². The van der Waals surface area contributed by atoms with Crippen molar-refractivity contribution in [3.05, 3.63) is 65.7 Å². The Labute approximate surface area is 134 Å². The number of hydrogen-bond acceptors (Lipinski definition) is 3. The Morgan fingerprint density at radius 3 is 2.32 bits per heavy atom. The molecule has 0 saturated heterocycles. The van der Waals surface area contributed by atoms with Gasteiger partial charge in [0.05, 0.1) is 0 Å². The fraction of sp³-hybridized carbons (Fsp3) is 0.176. The van der Waals surface area contributed by atoms with Crippen LogP contribution in [0.4, 0.5) is 5.69 Å². The molecule has 0 bridgehead atoms. The van der Waals surface area contributed by atoms with E-state index in [1.165, 1.54) is 5.56 Å². The molecular formula is C17H18N2O2S. The number of anilines is 1. The van der Waals surface area contributed by atoms with Crippen molar-refractivity contribution in [1.29, 1.82) is 0 Å². The molecule has 0 saturated carbocycles. The van der Waals surface area contributed by atoms with Gasteiger partial charge in [0.2, 0.25) is 11.8 Å². The molecule has 22 heavy (non-hydrogen) atoms. The van der Waals surface area contributed by atoms with Gasteiger partial charge in [-0.1, -0.05) is 30.3 Å². The molecule has 0 atom stereocenters. The molecule has 114 valence electrons. The van der Waals surface area contributed by atoms with Crippen LogP contribution in [0.25, 0.3) is 0 Å². The third-order valence-electron chi connectivity index (χ3n) is 3.04. The van der Waals surface area contributed by atoms with Crippen LogP contribution in [-0.2, 0) is 10.5 Å². The highest BCUT2D eigenvalue weighted by Crippen LogP contribution is 2.14. The van der Waals surface area contributed by atoms with E-state index < -0.39 is 5.91 Å². The SMILES string of the molecule is NC(=O)c1ccc(NC(=O)CCSCc2ccccc2)cc1.